The molecule has 0 fully saturated rings. The van der Waals surface area contributed by atoms with Crippen molar-refractivity contribution in [1.29, 1.82) is 0 Å². The molecule has 4 rings (SSSR count). The van der Waals surface area contributed by atoms with E-state index in [1.165, 1.54) is 36.2 Å². The predicted molar refractivity (Wildman–Crippen MR) is 115 cm³/mol. The van der Waals surface area contributed by atoms with Crippen molar-refractivity contribution in [2.45, 2.75) is 64.8 Å². The molecule has 0 aliphatic heterocycles. The number of nitrogens with zero attached hydrogens (tertiary/aromatic N) is 4. The second kappa shape index (κ2) is 8.90. The highest BCUT2D eigenvalue weighted by Gasteiger charge is 2.17. The molecule has 0 spiro atoms. The van der Waals surface area contributed by atoms with E-state index in [9.17, 15) is 9.59 Å². The Balaban J connectivity index is 1.46. The summed E-state index contributed by atoms with van der Waals surface area (Å²) >= 11 is 1.44. The molecular weight excluding hydrogens is 386 g/mol. The predicted octanol–water partition coefficient (Wildman–Crippen LogP) is 3.46. The number of aromatic nitrogens is 4. The van der Waals surface area contributed by atoms with Crippen LogP contribution in [0.4, 0.5) is 0 Å². The number of nitrogens with one attached hydrogen (secondary N) is 1. The second-order valence-corrected chi connectivity index (χ2v) is 8.47. The summed E-state index contributed by atoms with van der Waals surface area (Å²) in [5.41, 5.74) is 2.28. The van der Waals surface area contributed by atoms with Crippen molar-refractivity contribution < 1.29 is 4.79 Å². The van der Waals surface area contributed by atoms with Gasteiger partial charge in [0.05, 0.1) is 5.52 Å². The zero-order chi connectivity index (χ0) is 20.2. The number of thiophene rings is 1. The number of allylic oxidation sites excluding steroid dienone is 1. The van der Waals surface area contributed by atoms with Crippen molar-refractivity contribution in [2.24, 2.45) is 0 Å². The topological polar surface area (TPSA) is 81.3 Å². The van der Waals surface area contributed by atoms with Crippen LogP contribution < -0.4 is 10.9 Å². The van der Waals surface area contributed by atoms with Gasteiger partial charge in [-0.3, -0.25) is 18.6 Å². The summed E-state index contributed by atoms with van der Waals surface area (Å²) in [5, 5.41) is 13.5. The van der Waals surface area contributed by atoms with Gasteiger partial charge in [0.15, 0.2) is 0 Å². The normalized spacial score (nSPS) is 14.4. The Kier molecular flexibility index (Phi) is 6.08. The monoisotopic (exact) mass is 413 g/mol. The molecule has 29 heavy (non-hydrogen) atoms. The smallest absolute Gasteiger partial charge is 0.272 e. The van der Waals surface area contributed by atoms with Gasteiger partial charge in [0.25, 0.3) is 5.56 Å². The zero-order valence-electron chi connectivity index (χ0n) is 16.8. The molecule has 8 heteroatoms. The Morgan fingerprint density at radius 2 is 2.17 bits per heavy atom. The third-order valence-corrected chi connectivity index (χ3v) is 6.35. The Morgan fingerprint density at radius 1 is 1.28 bits per heavy atom. The Labute approximate surface area is 173 Å². The van der Waals surface area contributed by atoms with E-state index in [1.54, 1.807) is 4.57 Å². The van der Waals surface area contributed by atoms with Gasteiger partial charge in [-0.25, -0.2) is 0 Å². The quantitative estimate of drug-likeness (QED) is 0.574. The van der Waals surface area contributed by atoms with Crippen LogP contribution in [0.2, 0.25) is 0 Å². The summed E-state index contributed by atoms with van der Waals surface area (Å²) < 4.78 is 4.33. The van der Waals surface area contributed by atoms with Gasteiger partial charge in [-0.05, 0) is 50.0 Å². The number of carbonyl (C=O) groups excluding carboxylic acids is 1. The number of aryl methyl sites for hydroxylation is 2. The van der Waals surface area contributed by atoms with Crippen LogP contribution in [-0.2, 0) is 17.8 Å². The molecule has 0 atom stereocenters. The fraction of sp³-hybridized carbons (Fsp3) is 0.524. The Bertz CT molecular complexity index is 1110. The molecular formula is C21H27N5O2S. The van der Waals surface area contributed by atoms with E-state index in [-0.39, 0.29) is 11.5 Å². The maximum atomic E-state index is 12.7. The molecule has 1 aliphatic rings. The summed E-state index contributed by atoms with van der Waals surface area (Å²) in [6, 6.07) is 1.93. The van der Waals surface area contributed by atoms with Crippen LogP contribution in [0.25, 0.3) is 16.0 Å². The molecule has 0 saturated carbocycles. The van der Waals surface area contributed by atoms with Crippen molar-refractivity contribution in [3.05, 3.63) is 39.3 Å². The minimum Gasteiger partial charge on any atom is -0.356 e. The molecule has 1 amide bonds. The lowest BCUT2D eigenvalue weighted by Gasteiger charge is -2.13. The van der Waals surface area contributed by atoms with Crippen LogP contribution in [0.3, 0.4) is 0 Å². The van der Waals surface area contributed by atoms with Crippen LogP contribution >= 0.6 is 11.3 Å². The van der Waals surface area contributed by atoms with Crippen LogP contribution in [0.1, 0.15) is 57.7 Å². The fourth-order valence-electron chi connectivity index (χ4n) is 3.98. The summed E-state index contributed by atoms with van der Waals surface area (Å²) in [4.78, 5) is 25.1. The van der Waals surface area contributed by atoms with Gasteiger partial charge in [0.1, 0.15) is 10.5 Å². The van der Waals surface area contributed by atoms with Crippen molar-refractivity contribution >= 4 is 33.2 Å². The SMILES string of the molecule is CCCn1c(=O)c2sccc2n2c(CCC(=O)NCCC3=CCCCC3)nnc12. The van der Waals surface area contributed by atoms with Crippen LogP contribution in [0.15, 0.2) is 27.9 Å². The summed E-state index contributed by atoms with van der Waals surface area (Å²) in [6.45, 7) is 3.33. The first-order chi connectivity index (χ1) is 14.2. The average Bonchev–Trinajstić information content (AvgIpc) is 3.37. The molecule has 3 aromatic rings. The molecule has 0 unspecified atom stereocenters. The average molecular weight is 414 g/mol. The van der Waals surface area contributed by atoms with Crippen LogP contribution in [0, 0.1) is 0 Å². The van der Waals surface area contributed by atoms with Crippen molar-refractivity contribution in [3.63, 3.8) is 0 Å². The molecule has 0 saturated heterocycles. The fourth-order valence-corrected chi connectivity index (χ4v) is 4.80. The zero-order valence-corrected chi connectivity index (χ0v) is 17.6. The first-order valence-electron chi connectivity index (χ1n) is 10.5. The molecule has 154 valence electrons. The van der Waals surface area contributed by atoms with Gasteiger partial charge < -0.3 is 5.32 Å². The first kappa shape index (κ1) is 19.8. The number of amides is 1. The highest BCUT2D eigenvalue weighted by Crippen LogP contribution is 2.21. The Morgan fingerprint density at radius 3 is 2.97 bits per heavy atom. The lowest BCUT2D eigenvalue weighted by Crippen LogP contribution is -2.25. The molecule has 0 bridgehead atoms. The maximum absolute atomic E-state index is 12.7. The van der Waals surface area contributed by atoms with Gasteiger partial charge in [0, 0.05) is 25.9 Å². The van der Waals surface area contributed by atoms with Crippen molar-refractivity contribution in [2.75, 3.05) is 6.54 Å². The van der Waals surface area contributed by atoms with E-state index < -0.39 is 0 Å². The third-order valence-electron chi connectivity index (χ3n) is 5.46. The molecule has 0 radical (unpaired) electrons. The standard InChI is InChI=1S/C21H27N5O2S/c1-2-13-25-20(28)19-16(11-14-29-19)26-17(23-24-21(25)26)8-9-18(27)22-12-10-15-6-4-3-5-7-15/h6,11,14H,2-5,7-10,12-13H2,1H3,(H,22,27). The number of hydrogen-bond acceptors (Lipinski definition) is 5. The number of hydrogen-bond donors (Lipinski definition) is 1. The second-order valence-electron chi connectivity index (χ2n) is 7.55. The van der Waals surface area contributed by atoms with E-state index in [1.807, 2.05) is 22.8 Å². The molecule has 3 aromatic heterocycles. The highest BCUT2D eigenvalue weighted by atomic mass is 32.1. The first-order valence-corrected chi connectivity index (χ1v) is 11.4. The van der Waals surface area contributed by atoms with Crippen molar-refractivity contribution in [3.8, 4) is 0 Å². The minimum atomic E-state index is -0.0157. The van der Waals surface area contributed by atoms with Crippen LogP contribution in [-0.4, -0.2) is 31.6 Å². The maximum Gasteiger partial charge on any atom is 0.272 e. The minimum absolute atomic E-state index is 0.0157. The molecule has 3 heterocycles. The largest absolute Gasteiger partial charge is 0.356 e. The summed E-state index contributed by atoms with van der Waals surface area (Å²) in [5.74, 6) is 1.31. The van der Waals surface area contributed by atoms with E-state index >= 15 is 0 Å². The number of fused-ring (bicyclic) bond motifs is 3. The van der Waals surface area contributed by atoms with Gasteiger partial charge in [-0.15, -0.1) is 21.5 Å². The van der Waals surface area contributed by atoms with E-state index in [2.05, 4.69) is 21.6 Å². The van der Waals surface area contributed by atoms with Gasteiger partial charge in [-0.1, -0.05) is 18.6 Å². The van der Waals surface area contributed by atoms with E-state index in [4.69, 9.17) is 0 Å². The lowest BCUT2D eigenvalue weighted by atomic mass is 9.97. The number of carbonyl (C=O) groups is 1. The number of rotatable bonds is 8. The molecule has 0 aromatic carbocycles. The van der Waals surface area contributed by atoms with E-state index in [0.29, 0.717) is 36.4 Å². The van der Waals surface area contributed by atoms with Gasteiger partial charge >= 0.3 is 0 Å². The highest BCUT2D eigenvalue weighted by molar-refractivity contribution is 7.17. The van der Waals surface area contributed by atoms with Crippen LogP contribution in [0.5, 0.6) is 0 Å². The molecule has 7 nitrogen and oxygen atoms in total. The van der Waals surface area contributed by atoms with Crippen molar-refractivity contribution in [1.82, 2.24) is 24.5 Å². The molecule has 1 aliphatic carbocycles. The Hall–Kier alpha value is -2.48. The van der Waals surface area contributed by atoms with Gasteiger partial charge in [-0.2, -0.15) is 0 Å². The molecule has 1 N–H and O–H groups in total. The third kappa shape index (κ3) is 4.12. The summed E-state index contributed by atoms with van der Waals surface area (Å²) in [6.07, 6.45) is 9.84. The summed E-state index contributed by atoms with van der Waals surface area (Å²) in [7, 11) is 0. The van der Waals surface area contributed by atoms with Gasteiger partial charge in [0.2, 0.25) is 11.7 Å². The lowest BCUT2D eigenvalue weighted by molar-refractivity contribution is -0.121. The van der Waals surface area contributed by atoms with E-state index in [0.717, 1.165) is 30.6 Å².